The van der Waals surface area contributed by atoms with Crippen LogP contribution in [0.3, 0.4) is 0 Å². The molecule has 0 spiro atoms. The van der Waals surface area contributed by atoms with E-state index < -0.39 is 42.5 Å². The van der Waals surface area contributed by atoms with Gasteiger partial charge in [-0.25, -0.2) is 4.79 Å². The highest BCUT2D eigenvalue weighted by Crippen LogP contribution is 2.37. The van der Waals surface area contributed by atoms with Gasteiger partial charge in [-0.05, 0) is 0 Å². The van der Waals surface area contributed by atoms with Gasteiger partial charge in [-0.3, -0.25) is 0 Å². The van der Waals surface area contributed by atoms with Crippen molar-refractivity contribution in [2.24, 2.45) is 5.29 Å². The number of nitroso groups, excluding NO2 is 1. The second kappa shape index (κ2) is 7.66. The fraction of sp³-hybridized carbons (Fsp3) is 0.909. The molecule has 0 aromatic heterocycles. The van der Waals surface area contributed by atoms with Crippen LogP contribution < -0.4 is 5.32 Å². The number of carbonyl (C=O) groups excluding carboxylic acids is 1. The largest absolute Gasteiger partial charge is 0.394 e. The molecular formula is C11H20ClN3O8. The van der Waals surface area contributed by atoms with Crippen molar-refractivity contribution >= 4 is 17.6 Å². The summed E-state index contributed by atoms with van der Waals surface area (Å²) in [5.41, 5.74) is -2.86. The number of hydrogen-bond acceptors (Lipinski definition) is 9. The first kappa shape index (κ1) is 20.0. The smallest absolute Gasteiger partial charge is 0.342 e. The molecule has 0 saturated carbocycles. The van der Waals surface area contributed by atoms with Crippen LogP contribution >= 0.6 is 11.6 Å². The van der Waals surface area contributed by atoms with Crippen LogP contribution in [0.4, 0.5) is 4.79 Å². The number of urea groups is 1. The second-order valence-corrected chi connectivity index (χ2v) is 5.38. The Morgan fingerprint density at radius 2 is 2.04 bits per heavy atom. The zero-order valence-electron chi connectivity index (χ0n) is 12.3. The monoisotopic (exact) mass is 357 g/mol. The third kappa shape index (κ3) is 3.55. The standard InChI is InChI=1S/C11H20ClN3O8/c1-2-10(20)11(21,8(18)7(17)6(5-16)23-10)13-9(19)15(14-22)4-3-12/h6-8,16-18,20-21H,2-5H2,1H3,(H,13,19)/t6-,7-,8+,10-,11-/m1/s1. The molecule has 0 bridgehead atoms. The first-order valence-corrected chi connectivity index (χ1v) is 7.32. The summed E-state index contributed by atoms with van der Waals surface area (Å²) in [6.07, 6.45) is -5.65. The van der Waals surface area contributed by atoms with Crippen molar-refractivity contribution < 1.29 is 35.1 Å². The summed E-state index contributed by atoms with van der Waals surface area (Å²) in [6.45, 7) is 0.319. The molecule has 134 valence electrons. The van der Waals surface area contributed by atoms with E-state index in [4.69, 9.17) is 21.4 Å². The van der Waals surface area contributed by atoms with Gasteiger partial charge in [0.05, 0.1) is 18.4 Å². The van der Waals surface area contributed by atoms with Crippen LogP contribution in [0.15, 0.2) is 5.29 Å². The van der Waals surface area contributed by atoms with E-state index in [2.05, 4.69) is 5.29 Å². The summed E-state index contributed by atoms with van der Waals surface area (Å²) >= 11 is 5.40. The number of carbonyl (C=O) groups is 1. The SMILES string of the molecule is CC[C@@]1(O)O[C@H](CO)[C@@H](O)[C@H](O)[C@]1(O)NC(=O)N(CCCl)N=O. The van der Waals surface area contributed by atoms with Gasteiger partial charge in [-0.1, -0.05) is 6.92 Å². The molecule has 1 aliphatic rings. The molecule has 5 atom stereocenters. The lowest BCUT2D eigenvalue weighted by Crippen LogP contribution is -2.79. The highest BCUT2D eigenvalue weighted by Gasteiger charge is 2.63. The van der Waals surface area contributed by atoms with Gasteiger partial charge in [-0.2, -0.15) is 5.01 Å². The van der Waals surface area contributed by atoms with Crippen molar-refractivity contribution in [3.8, 4) is 0 Å². The minimum absolute atomic E-state index is 0.135. The van der Waals surface area contributed by atoms with E-state index in [-0.39, 0.29) is 18.8 Å². The molecule has 1 heterocycles. The lowest BCUT2D eigenvalue weighted by Gasteiger charge is -2.52. The van der Waals surface area contributed by atoms with Gasteiger partial charge in [0.1, 0.15) is 18.3 Å². The van der Waals surface area contributed by atoms with Crippen LogP contribution in [0.2, 0.25) is 0 Å². The van der Waals surface area contributed by atoms with Gasteiger partial charge in [0.2, 0.25) is 11.5 Å². The fourth-order valence-electron chi connectivity index (χ4n) is 2.25. The zero-order valence-corrected chi connectivity index (χ0v) is 13.0. The molecule has 0 unspecified atom stereocenters. The summed E-state index contributed by atoms with van der Waals surface area (Å²) < 4.78 is 5.02. The van der Waals surface area contributed by atoms with Crippen molar-refractivity contribution in [2.75, 3.05) is 19.0 Å². The number of ether oxygens (including phenoxy) is 1. The molecule has 1 aliphatic heterocycles. The number of halogens is 1. The molecular weight excluding hydrogens is 338 g/mol. The van der Waals surface area contributed by atoms with Crippen molar-refractivity contribution in [2.45, 2.75) is 43.2 Å². The summed E-state index contributed by atoms with van der Waals surface area (Å²) in [7, 11) is 0. The Balaban J connectivity index is 3.12. The molecule has 11 nitrogen and oxygen atoms in total. The van der Waals surface area contributed by atoms with Crippen LogP contribution in [0.1, 0.15) is 13.3 Å². The number of hydrogen-bond donors (Lipinski definition) is 6. The van der Waals surface area contributed by atoms with E-state index >= 15 is 0 Å². The average molecular weight is 358 g/mol. The van der Waals surface area contributed by atoms with E-state index in [1.807, 2.05) is 5.32 Å². The molecule has 0 radical (unpaired) electrons. The lowest BCUT2D eigenvalue weighted by atomic mass is 9.85. The van der Waals surface area contributed by atoms with Gasteiger partial charge in [0, 0.05) is 12.3 Å². The van der Waals surface area contributed by atoms with Gasteiger partial charge in [0.15, 0.2) is 0 Å². The summed E-state index contributed by atoms with van der Waals surface area (Å²) in [5, 5.41) is 54.5. The molecule has 23 heavy (non-hydrogen) atoms. The summed E-state index contributed by atoms with van der Waals surface area (Å²) in [4.78, 5) is 22.5. The maximum Gasteiger partial charge on any atom is 0.342 e. The number of alkyl halides is 1. The fourth-order valence-corrected chi connectivity index (χ4v) is 2.41. The topological polar surface area (TPSA) is 172 Å². The third-order valence-corrected chi connectivity index (χ3v) is 3.83. The Hall–Kier alpha value is -1.08. The number of nitrogens with one attached hydrogen (secondary N) is 1. The van der Waals surface area contributed by atoms with E-state index in [0.29, 0.717) is 5.01 Å². The van der Waals surface area contributed by atoms with Crippen LogP contribution in [-0.4, -0.2) is 85.4 Å². The van der Waals surface area contributed by atoms with E-state index in [1.54, 1.807) is 0 Å². The number of aliphatic hydroxyl groups excluding tert-OH is 3. The van der Waals surface area contributed by atoms with Gasteiger partial charge in [-0.15, -0.1) is 16.5 Å². The van der Waals surface area contributed by atoms with Crippen LogP contribution in [-0.2, 0) is 4.74 Å². The van der Waals surface area contributed by atoms with Crippen molar-refractivity contribution in [3.05, 3.63) is 4.91 Å². The van der Waals surface area contributed by atoms with E-state index in [1.165, 1.54) is 6.92 Å². The average Bonchev–Trinajstić information content (AvgIpc) is 2.54. The summed E-state index contributed by atoms with van der Waals surface area (Å²) in [6, 6.07) is -1.27. The molecule has 1 saturated heterocycles. The molecule has 1 fully saturated rings. The van der Waals surface area contributed by atoms with Crippen molar-refractivity contribution in [3.63, 3.8) is 0 Å². The Morgan fingerprint density at radius 3 is 2.48 bits per heavy atom. The van der Waals surface area contributed by atoms with E-state index in [9.17, 15) is 30.1 Å². The predicted octanol–water partition coefficient (Wildman–Crippen LogP) is -2.18. The Bertz CT molecular complexity index is 443. The lowest BCUT2D eigenvalue weighted by molar-refractivity contribution is -0.395. The van der Waals surface area contributed by atoms with Crippen molar-refractivity contribution in [1.82, 2.24) is 10.3 Å². The molecule has 0 aromatic rings. The van der Waals surface area contributed by atoms with Crippen LogP contribution in [0.25, 0.3) is 0 Å². The van der Waals surface area contributed by atoms with Gasteiger partial charge >= 0.3 is 6.03 Å². The first-order valence-electron chi connectivity index (χ1n) is 6.79. The quantitative estimate of drug-likeness (QED) is 0.135. The maximum atomic E-state index is 11.9. The summed E-state index contributed by atoms with van der Waals surface area (Å²) in [5.74, 6) is -2.67. The van der Waals surface area contributed by atoms with Gasteiger partial charge < -0.3 is 35.6 Å². The third-order valence-electron chi connectivity index (χ3n) is 3.66. The minimum Gasteiger partial charge on any atom is -0.394 e. The first-order chi connectivity index (χ1) is 10.7. The number of nitrogens with zero attached hydrogens (tertiary/aromatic N) is 2. The zero-order chi connectivity index (χ0) is 17.8. The van der Waals surface area contributed by atoms with Gasteiger partial charge in [0.25, 0.3) is 0 Å². The second-order valence-electron chi connectivity index (χ2n) is 5.00. The van der Waals surface area contributed by atoms with Crippen molar-refractivity contribution in [1.29, 1.82) is 0 Å². The maximum absolute atomic E-state index is 11.9. The number of amides is 2. The van der Waals surface area contributed by atoms with E-state index in [0.717, 1.165) is 0 Å². The molecule has 1 rings (SSSR count). The minimum atomic E-state index is -2.86. The predicted molar refractivity (Wildman–Crippen MR) is 75.9 cm³/mol. The molecule has 0 aromatic carbocycles. The number of aliphatic hydroxyl groups is 5. The molecule has 2 amide bonds. The molecule has 0 aliphatic carbocycles. The Morgan fingerprint density at radius 1 is 1.43 bits per heavy atom. The van der Waals surface area contributed by atoms with Crippen LogP contribution in [0, 0.1) is 4.91 Å². The highest BCUT2D eigenvalue weighted by atomic mass is 35.5. The molecule has 12 heteroatoms. The van der Waals surface area contributed by atoms with Crippen LogP contribution in [0.5, 0.6) is 0 Å². The normalized spacial score (nSPS) is 37.3. The Kier molecular flexibility index (Phi) is 6.65. The Labute approximate surface area is 136 Å². The highest BCUT2D eigenvalue weighted by molar-refractivity contribution is 6.18. The molecule has 6 N–H and O–H groups in total. The number of rotatable bonds is 6.